The monoisotopic (exact) mass is 424 g/mol. The molecule has 4 rings (SSSR count). The second kappa shape index (κ2) is 8.23. The molecule has 0 spiro atoms. The highest BCUT2D eigenvalue weighted by Crippen LogP contribution is 2.32. The molecule has 2 aromatic heterocycles. The summed E-state index contributed by atoms with van der Waals surface area (Å²) in [5, 5.41) is 9.55. The zero-order valence-corrected chi connectivity index (χ0v) is 17.8. The van der Waals surface area contributed by atoms with E-state index in [1.54, 1.807) is 32.4 Å². The number of methoxy groups -OCH3 is 2. The van der Waals surface area contributed by atoms with Gasteiger partial charge in [-0.1, -0.05) is 11.8 Å². The van der Waals surface area contributed by atoms with E-state index in [2.05, 4.69) is 10.2 Å². The summed E-state index contributed by atoms with van der Waals surface area (Å²) < 4.78 is 21.7. The third-order valence-electron chi connectivity index (χ3n) is 4.80. The lowest BCUT2D eigenvalue weighted by molar-refractivity contribution is 0.394. The molecule has 0 N–H and O–H groups in total. The number of nitrogens with zero attached hydrogens (tertiary/aromatic N) is 2. The summed E-state index contributed by atoms with van der Waals surface area (Å²) in [5.41, 5.74) is 3.96. The van der Waals surface area contributed by atoms with Gasteiger partial charge in [0.15, 0.2) is 0 Å². The molecule has 0 aliphatic rings. The van der Waals surface area contributed by atoms with Crippen LogP contribution in [-0.4, -0.2) is 24.4 Å². The summed E-state index contributed by atoms with van der Waals surface area (Å²) in [4.78, 5) is 12.0. The Morgan fingerprint density at radius 2 is 1.60 bits per heavy atom. The lowest BCUT2D eigenvalue weighted by Gasteiger charge is -2.07. The van der Waals surface area contributed by atoms with Gasteiger partial charge in [-0.05, 0) is 54.8 Å². The Morgan fingerprint density at radius 3 is 2.30 bits per heavy atom. The third-order valence-corrected chi connectivity index (χ3v) is 5.67. The number of hydrogen-bond acceptors (Lipinski definition) is 8. The van der Waals surface area contributed by atoms with Gasteiger partial charge < -0.3 is 18.3 Å². The van der Waals surface area contributed by atoms with E-state index in [1.807, 2.05) is 26.0 Å². The average Bonchev–Trinajstić information content (AvgIpc) is 3.22. The minimum Gasteiger partial charge on any atom is -0.497 e. The molecule has 4 aromatic rings. The molecule has 8 heteroatoms. The van der Waals surface area contributed by atoms with Crippen molar-refractivity contribution in [1.82, 2.24) is 10.2 Å². The standard InChI is InChI=1S/C22H20N2O5S/c1-12-5-18-15(9-20(25)28-19(18)6-13(12)2)11-30-22-24-23-21(29-22)14-7-16(26-3)10-17(8-14)27-4/h5-10H,11H2,1-4H3. The molecule has 0 saturated heterocycles. The van der Waals surface area contributed by atoms with Crippen LogP contribution in [0.15, 0.2) is 55.2 Å². The number of aromatic nitrogens is 2. The summed E-state index contributed by atoms with van der Waals surface area (Å²) in [6, 6.07) is 10.8. The van der Waals surface area contributed by atoms with Gasteiger partial charge in [0.25, 0.3) is 5.22 Å². The van der Waals surface area contributed by atoms with Crippen LogP contribution in [0.1, 0.15) is 16.7 Å². The zero-order chi connectivity index (χ0) is 21.3. The Kier molecular flexibility index (Phi) is 5.50. The second-order valence-electron chi connectivity index (χ2n) is 6.79. The predicted octanol–water partition coefficient (Wildman–Crippen LogP) is 4.77. The second-order valence-corrected chi connectivity index (χ2v) is 7.71. The molecule has 0 aliphatic carbocycles. The highest BCUT2D eigenvalue weighted by atomic mass is 32.2. The third kappa shape index (κ3) is 4.04. The van der Waals surface area contributed by atoms with Crippen LogP contribution in [0.2, 0.25) is 0 Å². The fourth-order valence-corrected chi connectivity index (χ4v) is 3.81. The van der Waals surface area contributed by atoms with Gasteiger partial charge >= 0.3 is 5.63 Å². The van der Waals surface area contributed by atoms with E-state index in [9.17, 15) is 4.79 Å². The quantitative estimate of drug-likeness (QED) is 0.323. The van der Waals surface area contributed by atoms with Gasteiger partial charge in [0.05, 0.1) is 14.2 Å². The highest BCUT2D eigenvalue weighted by Gasteiger charge is 2.14. The van der Waals surface area contributed by atoms with Gasteiger partial charge in [-0.25, -0.2) is 4.79 Å². The van der Waals surface area contributed by atoms with Gasteiger partial charge in [0.2, 0.25) is 5.89 Å². The summed E-state index contributed by atoms with van der Waals surface area (Å²) in [7, 11) is 3.16. The first-order valence-electron chi connectivity index (χ1n) is 9.20. The van der Waals surface area contributed by atoms with E-state index < -0.39 is 0 Å². The lowest BCUT2D eigenvalue weighted by Crippen LogP contribution is -2.00. The van der Waals surface area contributed by atoms with Crippen LogP contribution in [0.3, 0.4) is 0 Å². The van der Waals surface area contributed by atoms with Gasteiger partial charge in [-0.15, -0.1) is 10.2 Å². The predicted molar refractivity (Wildman–Crippen MR) is 114 cm³/mol. The van der Waals surface area contributed by atoms with Crippen molar-refractivity contribution in [2.24, 2.45) is 0 Å². The topological polar surface area (TPSA) is 87.6 Å². The number of rotatable bonds is 6. The zero-order valence-electron chi connectivity index (χ0n) is 17.0. The molecule has 0 radical (unpaired) electrons. The molecule has 0 saturated carbocycles. The molecule has 154 valence electrons. The maximum atomic E-state index is 12.0. The van der Waals surface area contributed by atoms with E-state index in [1.165, 1.54) is 17.8 Å². The van der Waals surface area contributed by atoms with Crippen molar-refractivity contribution in [2.75, 3.05) is 14.2 Å². The first-order chi connectivity index (χ1) is 14.5. The van der Waals surface area contributed by atoms with Crippen molar-refractivity contribution in [3.8, 4) is 23.0 Å². The molecule has 2 heterocycles. The lowest BCUT2D eigenvalue weighted by atomic mass is 10.0. The number of ether oxygens (including phenoxy) is 2. The van der Waals surface area contributed by atoms with Gasteiger partial charge in [0.1, 0.15) is 17.1 Å². The fourth-order valence-electron chi connectivity index (χ4n) is 3.06. The molecule has 30 heavy (non-hydrogen) atoms. The fraction of sp³-hybridized carbons (Fsp3) is 0.227. The van der Waals surface area contributed by atoms with E-state index >= 15 is 0 Å². The molecule has 0 aliphatic heterocycles. The molecule has 0 bridgehead atoms. The molecule has 0 fully saturated rings. The Morgan fingerprint density at radius 1 is 0.900 bits per heavy atom. The molecular weight excluding hydrogens is 404 g/mol. The van der Waals surface area contributed by atoms with Crippen LogP contribution in [0.5, 0.6) is 11.5 Å². The summed E-state index contributed by atoms with van der Waals surface area (Å²) in [5.74, 6) is 2.11. The molecule has 0 atom stereocenters. The summed E-state index contributed by atoms with van der Waals surface area (Å²) >= 11 is 1.36. The summed E-state index contributed by atoms with van der Waals surface area (Å²) in [6.45, 7) is 4.02. The number of thioether (sulfide) groups is 1. The number of benzene rings is 2. The number of aryl methyl sites for hydroxylation is 2. The smallest absolute Gasteiger partial charge is 0.336 e. The minimum absolute atomic E-state index is 0.360. The average molecular weight is 424 g/mol. The van der Waals surface area contributed by atoms with Crippen molar-refractivity contribution in [2.45, 2.75) is 24.8 Å². The van der Waals surface area contributed by atoms with E-state index in [4.69, 9.17) is 18.3 Å². The van der Waals surface area contributed by atoms with Crippen LogP contribution in [0.4, 0.5) is 0 Å². The largest absolute Gasteiger partial charge is 0.497 e. The molecule has 2 aromatic carbocycles. The first kappa shape index (κ1) is 20.0. The van der Waals surface area contributed by atoms with Gasteiger partial charge in [0, 0.05) is 28.8 Å². The van der Waals surface area contributed by atoms with Crippen LogP contribution in [0.25, 0.3) is 22.4 Å². The maximum absolute atomic E-state index is 12.0. The normalized spacial score (nSPS) is 11.1. The molecule has 0 unspecified atom stereocenters. The Balaban J connectivity index is 1.60. The van der Waals surface area contributed by atoms with Crippen LogP contribution in [0, 0.1) is 13.8 Å². The van der Waals surface area contributed by atoms with E-state index in [0.717, 1.165) is 22.1 Å². The molecule has 0 amide bonds. The van der Waals surface area contributed by atoms with Crippen molar-refractivity contribution < 1.29 is 18.3 Å². The van der Waals surface area contributed by atoms with Gasteiger partial charge in [-0.2, -0.15) is 0 Å². The molecular formula is C22H20N2O5S. The number of hydrogen-bond donors (Lipinski definition) is 0. The Labute approximate surface area is 177 Å². The summed E-state index contributed by atoms with van der Waals surface area (Å²) in [6.07, 6.45) is 0. The van der Waals surface area contributed by atoms with Crippen LogP contribution in [-0.2, 0) is 5.75 Å². The number of fused-ring (bicyclic) bond motifs is 1. The van der Waals surface area contributed by atoms with Crippen molar-refractivity contribution in [3.05, 3.63) is 63.5 Å². The Bertz CT molecular complexity index is 1260. The maximum Gasteiger partial charge on any atom is 0.336 e. The Hall–Kier alpha value is -3.26. The molecule has 7 nitrogen and oxygen atoms in total. The first-order valence-corrected chi connectivity index (χ1v) is 10.2. The van der Waals surface area contributed by atoms with Crippen LogP contribution >= 0.6 is 11.8 Å². The SMILES string of the molecule is COc1cc(OC)cc(-c2nnc(SCc3cc(=O)oc4cc(C)c(C)cc34)o2)c1. The van der Waals surface area contributed by atoms with Crippen molar-refractivity contribution >= 4 is 22.7 Å². The van der Waals surface area contributed by atoms with Crippen molar-refractivity contribution in [1.29, 1.82) is 0 Å². The minimum atomic E-state index is -0.379. The van der Waals surface area contributed by atoms with E-state index in [-0.39, 0.29) is 5.63 Å². The highest BCUT2D eigenvalue weighted by molar-refractivity contribution is 7.98. The van der Waals surface area contributed by atoms with Crippen LogP contribution < -0.4 is 15.1 Å². The van der Waals surface area contributed by atoms with Gasteiger partial charge in [-0.3, -0.25) is 0 Å². The van der Waals surface area contributed by atoms with E-state index in [0.29, 0.717) is 39.5 Å². The van der Waals surface area contributed by atoms with Crippen molar-refractivity contribution in [3.63, 3.8) is 0 Å².